The van der Waals surface area contributed by atoms with Crippen LogP contribution in [-0.2, 0) is 6.42 Å². The van der Waals surface area contributed by atoms with Crippen molar-refractivity contribution in [3.8, 4) is 5.75 Å². The lowest BCUT2D eigenvalue weighted by atomic mass is 10.1. The highest BCUT2D eigenvalue weighted by molar-refractivity contribution is 6.31. The lowest BCUT2D eigenvalue weighted by molar-refractivity contribution is 0.184. The van der Waals surface area contributed by atoms with Crippen LogP contribution in [0.25, 0.3) is 0 Å². The summed E-state index contributed by atoms with van der Waals surface area (Å²) in [4.78, 5) is 0. The van der Waals surface area contributed by atoms with Gasteiger partial charge in [-0.3, -0.25) is 0 Å². The van der Waals surface area contributed by atoms with Crippen molar-refractivity contribution in [2.75, 3.05) is 7.11 Å². The van der Waals surface area contributed by atoms with E-state index in [9.17, 15) is 5.11 Å². The molecular formula is C11H15ClO2. The molecule has 0 saturated heterocycles. The maximum atomic E-state index is 9.18. The highest BCUT2D eigenvalue weighted by atomic mass is 35.5. The second-order valence-corrected chi connectivity index (χ2v) is 3.72. The van der Waals surface area contributed by atoms with Gasteiger partial charge in [0.25, 0.3) is 0 Å². The Morgan fingerprint density at radius 1 is 1.50 bits per heavy atom. The Morgan fingerprint density at radius 3 is 2.79 bits per heavy atom. The Kier molecular flexibility index (Phi) is 4.23. The summed E-state index contributed by atoms with van der Waals surface area (Å²) in [7, 11) is 1.62. The molecule has 0 saturated carbocycles. The minimum atomic E-state index is -0.309. The van der Waals surface area contributed by atoms with Crippen LogP contribution in [0.15, 0.2) is 18.2 Å². The lowest BCUT2D eigenvalue weighted by Gasteiger charge is -2.10. The molecule has 14 heavy (non-hydrogen) atoms. The topological polar surface area (TPSA) is 29.5 Å². The first-order valence-corrected chi connectivity index (χ1v) is 5.02. The molecule has 2 nitrogen and oxygen atoms in total. The Balaban J connectivity index is 2.82. The molecule has 0 bridgehead atoms. The van der Waals surface area contributed by atoms with Crippen LogP contribution < -0.4 is 4.74 Å². The average Bonchev–Trinajstić information content (AvgIpc) is 2.15. The molecule has 3 heteroatoms. The molecule has 0 spiro atoms. The normalized spacial score (nSPS) is 12.6. The molecule has 0 aliphatic carbocycles. The summed E-state index contributed by atoms with van der Waals surface area (Å²) in [5.74, 6) is 0.790. The molecule has 0 aliphatic heterocycles. The largest absolute Gasteiger partial charge is 0.496 e. The molecule has 1 rings (SSSR count). The van der Waals surface area contributed by atoms with E-state index in [2.05, 4.69) is 0 Å². The Bertz CT molecular complexity index is 297. The molecule has 0 aliphatic rings. The third kappa shape index (κ3) is 2.89. The molecule has 1 N–H and O–H groups in total. The minimum absolute atomic E-state index is 0.309. The fourth-order valence-electron chi connectivity index (χ4n) is 1.33. The Labute approximate surface area is 89.5 Å². The van der Waals surface area contributed by atoms with E-state index in [0.29, 0.717) is 11.4 Å². The maximum Gasteiger partial charge on any atom is 0.123 e. The van der Waals surface area contributed by atoms with E-state index in [4.69, 9.17) is 16.3 Å². The summed E-state index contributed by atoms with van der Waals surface area (Å²) in [6, 6.07) is 5.57. The van der Waals surface area contributed by atoms with Gasteiger partial charge in [0.05, 0.1) is 13.2 Å². The van der Waals surface area contributed by atoms with E-state index in [-0.39, 0.29) is 6.10 Å². The Hall–Kier alpha value is -0.730. The van der Waals surface area contributed by atoms with E-state index in [1.807, 2.05) is 18.2 Å². The number of halogens is 1. The predicted octanol–water partition coefficient (Wildman–Crippen LogP) is 2.66. The Morgan fingerprint density at radius 2 is 2.21 bits per heavy atom. The summed E-state index contributed by atoms with van der Waals surface area (Å²) in [6.07, 6.45) is 1.12. The van der Waals surface area contributed by atoms with Crippen molar-refractivity contribution < 1.29 is 9.84 Å². The molecule has 0 radical (unpaired) electrons. The van der Waals surface area contributed by atoms with Crippen LogP contribution in [0, 0.1) is 0 Å². The van der Waals surface area contributed by atoms with Gasteiger partial charge >= 0.3 is 0 Å². The number of rotatable bonds is 4. The summed E-state index contributed by atoms with van der Waals surface area (Å²) in [6.45, 7) is 1.77. The quantitative estimate of drug-likeness (QED) is 0.835. The molecular weight excluding hydrogens is 200 g/mol. The molecule has 0 fully saturated rings. The molecule has 0 amide bonds. The highest BCUT2D eigenvalue weighted by Crippen LogP contribution is 2.27. The van der Waals surface area contributed by atoms with Crippen molar-refractivity contribution >= 4 is 11.6 Å². The van der Waals surface area contributed by atoms with E-state index in [0.717, 1.165) is 17.7 Å². The van der Waals surface area contributed by atoms with E-state index < -0.39 is 0 Å². The summed E-state index contributed by atoms with van der Waals surface area (Å²) >= 11 is 6.03. The molecule has 1 aromatic carbocycles. The van der Waals surface area contributed by atoms with Crippen molar-refractivity contribution in [3.63, 3.8) is 0 Å². The first kappa shape index (κ1) is 11.3. The fourth-order valence-corrected chi connectivity index (χ4v) is 1.59. The number of ether oxygens (including phenoxy) is 1. The van der Waals surface area contributed by atoms with Gasteiger partial charge in [-0.05, 0) is 31.9 Å². The number of methoxy groups -OCH3 is 1. The number of aliphatic hydroxyl groups is 1. The lowest BCUT2D eigenvalue weighted by Crippen LogP contribution is -2.03. The van der Waals surface area contributed by atoms with Crippen LogP contribution in [0.2, 0.25) is 5.02 Å². The van der Waals surface area contributed by atoms with Crippen molar-refractivity contribution in [3.05, 3.63) is 28.8 Å². The predicted molar refractivity (Wildman–Crippen MR) is 58.0 cm³/mol. The number of aliphatic hydroxyl groups excluding tert-OH is 1. The SMILES string of the molecule is COc1cccc(Cl)c1CC[C@@H](C)O. The highest BCUT2D eigenvalue weighted by Gasteiger charge is 2.08. The van der Waals surface area contributed by atoms with Crippen LogP contribution in [0.1, 0.15) is 18.9 Å². The third-order valence-electron chi connectivity index (χ3n) is 2.11. The van der Waals surface area contributed by atoms with Gasteiger partial charge in [-0.2, -0.15) is 0 Å². The molecule has 0 unspecified atom stereocenters. The molecule has 78 valence electrons. The van der Waals surface area contributed by atoms with Crippen LogP contribution in [0.4, 0.5) is 0 Å². The van der Waals surface area contributed by atoms with Crippen LogP contribution in [0.5, 0.6) is 5.75 Å². The van der Waals surface area contributed by atoms with Gasteiger partial charge < -0.3 is 9.84 Å². The van der Waals surface area contributed by atoms with Gasteiger partial charge in [0.15, 0.2) is 0 Å². The van der Waals surface area contributed by atoms with Crippen molar-refractivity contribution in [1.29, 1.82) is 0 Å². The third-order valence-corrected chi connectivity index (χ3v) is 2.46. The van der Waals surface area contributed by atoms with Crippen LogP contribution in [0.3, 0.4) is 0 Å². The van der Waals surface area contributed by atoms with Crippen molar-refractivity contribution in [2.24, 2.45) is 0 Å². The van der Waals surface area contributed by atoms with Crippen molar-refractivity contribution in [1.82, 2.24) is 0 Å². The van der Waals surface area contributed by atoms with E-state index in [1.165, 1.54) is 0 Å². The van der Waals surface area contributed by atoms with Gasteiger partial charge in [-0.15, -0.1) is 0 Å². The van der Waals surface area contributed by atoms with Gasteiger partial charge in [-0.1, -0.05) is 17.7 Å². The van der Waals surface area contributed by atoms with Gasteiger partial charge in [0.1, 0.15) is 5.75 Å². The molecule has 1 aromatic rings. The van der Waals surface area contributed by atoms with Crippen LogP contribution in [-0.4, -0.2) is 18.3 Å². The molecule has 0 heterocycles. The van der Waals surface area contributed by atoms with E-state index in [1.54, 1.807) is 14.0 Å². The number of benzene rings is 1. The average molecular weight is 215 g/mol. The van der Waals surface area contributed by atoms with Gasteiger partial charge in [0, 0.05) is 10.6 Å². The smallest absolute Gasteiger partial charge is 0.123 e. The molecule has 1 atom stereocenters. The number of hydrogen-bond acceptors (Lipinski definition) is 2. The summed E-state index contributed by atoms with van der Waals surface area (Å²) in [5.41, 5.74) is 0.970. The summed E-state index contributed by atoms with van der Waals surface area (Å²) < 4.78 is 5.19. The number of hydrogen-bond donors (Lipinski definition) is 1. The standard InChI is InChI=1S/C11H15ClO2/c1-8(13)6-7-9-10(12)4-3-5-11(9)14-2/h3-5,8,13H,6-7H2,1-2H3/t8-/m1/s1. The van der Waals surface area contributed by atoms with Gasteiger partial charge in [0.2, 0.25) is 0 Å². The van der Waals surface area contributed by atoms with E-state index >= 15 is 0 Å². The fraction of sp³-hybridized carbons (Fsp3) is 0.455. The zero-order chi connectivity index (χ0) is 10.6. The first-order chi connectivity index (χ1) is 6.65. The second kappa shape index (κ2) is 5.23. The molecule has 0 aromatic heterocycles. The first-order valence-electron chi connectivity index (χ1n) is 4.64. The monoisotopic (exact) mass is 214 g/mol. The second-order valence-electron chi connectivity index (χ2n) is 3.31. The minimum Gasteiger partial charge on any atom is -0.496 e. The van der Waals surface area contributed by atoms with Crippen molar-refractivity contribution in [2.45, 2.75) is 25.9 Å². The maximum absolute atomic E-state index is 9.18. The zero-order valence-corrected chi connectivity index (χ0v) is 9.21. The summed E-state index contributed by atoms with van der Waals surface area (Å²) in [5, 5.41) is 9.88. The zero-order valence-electron chi connectivity index (χ0n) is 8.46. The van der Waals surface area contributed by atoms with Crippen LogP contribution >= 0.6 is 11.6 Å². The van der Waals surface area contributed by atoms with Gasteiger partial charge in [-0.25, -0.2) is 0 Å².